The van der Waals surface area contributed by atoms with E-state index in [1.54, 1.807) is 14.0 Å². The lowest BCUT2D eigenvalue weighted by Gasteiger charge is -2.23. The fraction of sp³-hybridized carbons (Fsp3) is 0.533. The molecule has 0 aromatic heterocycles. The monoisotopic (exact) mass is 297 g/mol. The smallest absolute Gasteiger partial charge is 0.230 e. The van der Waals surface area contributed by atoms with Gasteiger partial charge in [-0.25, -0.2) is 0 Å². The highest BCUT2D eigenvalue weighted by Crippen LogP contribution is 2.21. The Balaban J connectivity index is 2.32. The van der Waals surface area contributed by atoms with Gasteiger partial charge in [0.2, 0.25) is 5.91 Å². The third-order valence-electron chi connectivity index (χ3n) is 2.96. The Hall–Kier alpha value is -1.04. The fourth-order valence-corrected chi connectivity index (χ4v) is 2.47. The molecule has 1 amide bonds. The minimum absolute atomic E-state index is 0.0732. The van der Waals surface area contributed by atoms with Crippen molar-refractivity contribution < 1.29 is 14.6 Å². The van der Waals surface area contributed by atoms with Crippen LogP contribution in [0, 0.1) is 6.92 Å². The van der Waals surface area contributed by atoms with E-state index < -0.39 is 5.60 Å². The summed E-state index contributed by atoms with van der Waals surface area (Å²) in [6.07, 6.45) is 0.495. The number of thioether (sulfide) groups is 1. The number of aryl methyl sites for hydroxylation is 1. The molecule has 1 aromatic carbocycles. The molecule has 0 heterocycles. The van der Waals surface area contributed by atoms with Gasteiger partial charge in [0.05, 0.1) is 11.4 Å². The molecule has 20 heavy (non-hydrogen) atoms. The molecule has 1 aromatic rings. The number of hydrogen-bond donors (Lipinski definition) is 2. The third kappa shape index (κ3) is 6.41. The number of amides is 1. The summed E-state index contributed by atoms with van der Waals surface area (Å²) in [5, 5.41) is 12.8. The molecule has 112 valence electrons. The van der Waals surface area contributed by atoms with Crippen molar-refractivity contribution in [1.29, 1.82) is 0 Å². The quantitative estimate of drug-likeness (QED) is 0.721. The summed E-state index contributed by atoms with van der Waals surface area (Å²) < 4.78 is 4.93. The molecule has 1 rings (SSSR count). The summed E-state index contributed by atoms with van der Waals surface area (Å²) in [5.41, 5.74) is 0.233. The highest BCUT2D eigenvalue weighted by atomic mass is 32.2. The number of methoxy groups -OCH3 is 1. The molecule has 4 nitrogen and oxygen atoms in total. The van der Waals surface area contributed by atoms with Crippen molar-refractivity contribution >= 4 is 17.7 Å². The number of ether oxygens (including phenoxy) is 1. The summed E-state index contributed by atoms with van der Waals surface area (Å²) in [6.45, 7) is 4.43. The predicted octanol–water partition coefficient (Wildman–Crippen LogP) is 1.99. The van der Waals surface area contributed by atoms with Gasteiger partial charge in [0.1, 0.15) is 0 Å². The summed E-state index contributed by atoms with van der Waals surface area (Å²) in [5.74, 6) is 0.279. The van der Waals surface area contributed by atoms with E-state index in [-0.39, 0.29) is 12.5 Å². The molecule has 0 fully saturated rings. The fourth-order valence-electron chi connectivity index (χ4n) is 1.61. The molecule has 0 bridgehead atoms. The van der Waals surface area contributed by atoms with E-state index in [9.17, 15) is 9.90 Å². The van der Waals surface area contributed by atoms with Gasteiger partial charge in [-0.1, -0.05) is 18.2 Å². The zero-order valence-electron chi connectivity index (χ0n) is 12.3. The zero-order valence-corrected chi connectivity index (χ0v) is 13.1. The highest BCUT2D eigenvalue weighted by molar-refractivity contribution is 8.00. The van der Waals surface area contributed by atoms with Crippen LogP contribution in [0.4, 0.5) is 0 Å². The molecule has 0 aliphatic heterocycles. The van der Waals surface area contributed by atoms with Gasteiger partial charge in [-0.2, -0.15) is 0 Å². The van der Waals surface area contributed by atoms with Crippen molar-refractivity contribution in [3.63, 3.8) is 0 Å². The van der Waals surface area contributed by atoms with Crippen molar-refractivity contribution in [1.82, 2.24) is 5.32 Å². The van der Waals surface area contributed by atoms with E-state index >= 15 is 0 Å². The SMILES string of the molecule is COCCC(C)(O)CNC(=O)CSc1ccccc1C. The van der Waals surface area contributed by atoms with Gasteiger partial charge in [0.25, 0.3) is 0 Å². The molecule has 1 atom stereocenters. The minimum Gasteiger partial charge on any atom is -0.388 e. The standard InChI is InChI=1S/C15H23NO3S/c1-12-6-4-5-7-13(12)20-10-14(17)16-11-15(2,18)8-9-19-3/h4-7,18H,8-11H2,1-3H3,(H,16,17). The first-order chi connectivity index (χ1) is 9.44. The van der Waals surface area contributed by atoms with Gasteiger partial charge in [0.15, 0.2) is 0 Å². The van der Waals surface area contributed by atoms with Gasteiger partial charge in [-0.3, -0.25) is 4.79 Å². The van der Waals surface area contributed by atoms with E-state index in [0.29, 0.717) is 18.8 Å². The lowest BCUT2D eigenvalue weighted by molar-refractivity contribution is -0.119. The molecule has 5 heteroatoms. The number of carbonyl (C=O) groups excluding carboxylic acids is 1. The largest absolute Gasteiger partial charge is 0.388 e. The summed E-state index contributed by atoms with van der Waals surface area (Å²) in [6, 6.07) is 7.97. The molecular weight excluding hydrogens is 274 g/mol. The average Bonchev–Trinajstić information content (AvgIpc) is 2.42. The Morgan fingerprint density at radius 1 is 1.45 bits per heavy atom. The number of nitrogens with one attached hydrogen (secondary N) is 1. The van der Waals surface area contributed by atoms with E-state index in [2.05, 4.69) is 5.32 Å². The van der Waals surface area contributed by atoms with Crippen LogP contribution in [0.1, 0.15) is 18.9 Å². The van der Waals surface area contributed by atoms with Gasteiger partial charge in [0, 0.05) is 31.6 Å². The Morgan fingerprint density at radius 2 is 2.15 bits per heavy atom. The van der Waals surface area contributed by atoms with Gasteiger partial charge < -0.3 is 15.2 Å². The second-order valence-electron chi connectivity index (χ2n) is 5.07. The van der Waals surface area contributed by atoms with Crippen LogP contribution in [0.5, 0.6) is 0 Å². The number of rotatable bonds is 8. The van der Waals surface area contributed by atoms with Crippen molar-refractivity contribution in [2.75, 3.05) is 26.0 Å². The Kier molecular flexibility index (Phi) is 7.05. The maximum Gasteiger partial charge on any atom is 0.230 e. The lowest BCUT2D eigenvalue weighted by atomic mass is 10.0. The van der Waals surface area contributed by atoms with E-state index in [1.807, 2.05) is 31.2 Å². The number of aliphatic hydroxyl groups is 1. The Bertz CT molecular complexity index is 435. The molecule has 0 aliphatic rings. The maximum absolute atomic E-state index is 11.8. The molecule has 0 radical (unpaired) electrons. The number of carbonyl (C=O) groups is 1. The molecule has 2 N–H and O–H groups in total. The van der Waals surface area contributed by atoms with Crippen LogP contribution >= 0.6 is 11.8 Å². The van der Waals surface area contributed by atoms with Crippen LogP contribution in [0.15, 0.2) is 29.2 Å². The molecule has 0 aliphatic carbocycles. The number of benzene rings is 1. The summed E-state index contributed by atoms with van der Waals surface area (Å²) in [7, 11) is 1.59. The maximum atomic E-state index is 11.8. The van der Waals surface area contributed by atoms with Gasteiger partial charge in [-0.05, 0) is 25.5 Å². The van der Waals surface area contributed by atoms with Crippen LogP contribution in [0.2, 0.25) is 0 Å². The first-order valence-electron chi connectivity index (χ1n) is 6.61. The molecule has 0 saturated heterocycles. The molecule has 1 unspecified atom stereocenters. The third-order valence-corrected chi connectivity index (χ3v) is 4.14. The summed E-state index contributed by atoms with van der Waals surface area (Å²) in [4.78, 5) is 12.9. The van der Waals surface area contributed by atoms with Gasteiger partial charge in [-0.15, -0.1) is 11.8 Å². The first kappa shape index (κ1) is 17.0. The summed E-state index contributed by atoms with van der Waals surface area (Å²) >= 11 is 1.51. The van der Waals surface area contributed by atoms with Crippen molar-refractivity contribution in [2.24, 2.45) is 0 Å². The van der Waals surface area contributed by atoms with E-state index in [4.69, 9.17) is 4.74 Å². The molecular formula is C15H23NO3S. The predicted molar refractivity (Wildman–Crippen MR) is 82.0 cm³/mol. The lowest BCUT2D eigenvalue weighted by Crippen LogP contribution is -2.42. The van der Waals surface area contributed by atoms with E-state index in [1.165, 1.54) is 11.8 Å². The van der Waals surface area contributed by atoms with Crippen LogP contribution in [-0.4, -0.2) is 42.6 Å². The normalized spacial score (nSPS) is 13.8. The highest BCUT2D eigenvalue weighted by Gasteiger charge is 2.20. The second kappa shape index (κ2) is 8.29. The van der Waals surface area contributed by atoms with Crippen molar-refractivity contribution in [3.8, 4) is 0 Å². The minimum atomic E-state index is -0.932. The zero-order chi connectivity index (χ0) is 15.0. The van der Waals surface area contributed by atoms with Crippen LogP contribution in [0.25, 0.3) is 0 Å². The van der Waals surface area contributed by atoms with Crippen LogP contribution < -0.4 is 5.32 Å². The second-order valence-corrected chi connectivity index (χ2v) is 6.09. The Labute approximate surface area is 124 Å². The average molecular weight is 297 g/mol. The van der Waals surface area contributed by atoms with Crippen LogP contribution in [0.3, 0.4) is 0 Å². The topological polar surface area (TPSA) is 58.6 Å². The molecule has 0 spiro atoms. The van der Waals surface area contributed by atoms with Gasteiger partial charge >= 0.3 is 0 Å². The number of hydrogen-bond acceptors (Lipinski definition) is 4. The first-order valence-corrected chi connectivity index (χ1v) is 7.59. The molecule has 0 saturated carbocycles. The van der Waals surface area contributed by atoms with Crippen LogP contribution in [-0.2, 0) is 9.53 Å². The van der Waals surface area contributed by atoms with Crippen molar-refractivity contribution in [3.05, 3.63) is 29.8 Å². The van der Waals surface area contributed by atoms with E-state index in [0.717, 1.165) is 10.5 Å². The van der Waals surface area contributed by atoms with Crippen molar-refractivity contribution in [2.45, 2.75) is 30.8 Å². The Morgan fingerprint density at radius 3 is 2.80 bits per heavy atom.